The van der Waals surface area contributed by atoms with Crippen LogP contribution < -0.4 is 0 Å². The maximum Gasteiger partial charge on any atom is 0.339 e. The lowest BCUT2D eigenvalue weighted by molar-refractivity contribution is -0.140. The minimum absolute atomic E-state index is 0.214. The molecule has 0 saturated carbocycles. The Labute approximate surface area is 156 Å². The Kier molecular flexibility index (Phi) is 5.63. The summed E-state index contributed by atoms with van der Waals surface area (Å²) in [5.74, 6) is -0.733. The monoisotopic (exact) mass is 368 g/mol. The number of thiazole rings is 1. The number of likely N-dealkylation sites (N-methyl/N-ethyl adjacent to an activating group) is 1. The molecule has 0 radical (unpaired) electrons. The van der Waals surface area contributed by atoms with E-state index in [1.54, 1.807) is 40.7 Å². The Morgan fingerprint density at radius 2 is 1.85 bits per heavy atom. The van der Waals surface area contributed by atoms with Gasteiger partial charge in [0, 0.05) is 18.7 Å². The molecule has 0 N–H and O–H groups in total. The van der Waals surface area contributed by atoms with Crippen LogP contribution in [-0.2, 0) is 9.53 Å². The second kappa shape index (κ2) is 8.10. The topological polar surface area (TPSA) is 59.5 Å². The molecule has 26 heavy (non-hydrogen) atoms. The maximum absolute atomic E-state index is 12.9. The van der Waals surface area contributed by atoms with Gasteiger partial charge in [-0.3, -0.25) is 4.79 Å². The number of benzene rings is 2. The van der Waals surface area contributed by atoms with Gasteiger partial charge in [-0.2, -0.15) is 0 Å². The van der Waals surface area contributed by atoms with Crippen LogP contribution in [0, 0.1) is 0 Å². The van der Waals surface area contributed by atoms with Crippen molar-refractivity contribution in [1.29, 1.82) is 0 Å². The number of rotatable bonds is 6. The smallest absolute Gasteiger partial charge is 0.339 e. The second-order valence-electron chi connectivity index (χ2n) is 5.74. The number of carbonyl (C=O) groups excluding carboxylic acids is 2. The molecule has 0 unspecified atom stereocenters. The molecule has 0 fully saturated rings. The zero-order chi connectivity index (χ0) is 18.5. The van der Waals surface area contributed by atoms with E-state index in [1.807, 2.05) is 32.0 Å². The summed E-state index contributed by atoms with van der Waals surface area (Å²) in [6.45, 7) is 4.93. The van der Waals surface area contributed by atoms with Crippen molar-refractivity contribution in [2.24, 2.45) is 0 Å². The quantitative estimate of drug-likeness (QED) is 0.616. The van der Waals surface area contributed by atoms with Crippen LogP contribution in [0.4, 0.5) is 0 Å². The van der Waals surface area contributed by atoms with Gasteiger partial charge >= 0.3 is 5.97 Å². The lowest BCUT2D eigenvalue weighted by Crippen LogP contribution is -2.36. The van der Waals surface area contributed by atoms with Crippen molar-refractivity contribution in [3.05, 3.63) is 65.2 Å². The van der Waals surface area contributed by atoms with Crippen molar-refractivity contribution in [1.82, 2.24) is 9.88 Å². The van der Waals surface area contributed by atoms with E-state index >= 15 is 0 Å². The molecular weight excluding hydrogens is 348 g/mol. The number of hydrogen-bond donors (Lipinski definition) is 0. The van der Waals surface area contributed by atoms with Gasteiger partial charge in [0.15, 0.2) is 0 Å². The molecular formula is C20H20N2O3S. The third kappa shape index (κ3) is 3.75. The molecule has 1 aromatic heterocycles. The minimum Gasteiger partial charge on any atom is -0.444 e. The fourth-order valence-corrected chi connectivity index (χ4v) is 3.46. The number of ether oxygens (including phenoxy) is 1. The first-order valence-corrected chi connectivity index (χ1v) is 9.40. The van der Waals surface area contributed by atoms with Gasteiger partial charge in [0.1, 0.15) is 0 Å². The van der Waals surface area contributed by atoms with E-state index < -0.39 is 12.1 Å². The summed E-state index contributed by atoms with van der Waals surface area (Å²) in [6, 6.07) is 14.3. The van der Waals surface area contributed by atoms with E-state index in [0.29, 0.717) is 24.2 Å². The van der Waals surface area contributed by atoms with Crippen molar-refractivity contribution in [2.75, 3.05) is 13.1 Å². The van der Waals surface area contributed by atoms with Gasteiger partial charge < -0.3 is 9.64 Å². The van der Waals surface area contributed by atoms with Crippen molar-refractivity contribution < 1.29 is 14.3 Å². The lowest BCUT2D eigenvalue weighted by Gasteiger charge is -2.25. The first-order chi connectivity index (χ1) is 12.6. The van der Waals surface area contributed by atoms with Crippen molar-refractivity contribution in [3.63, 3.8) is 0 Å². The predicted octanol–water partition coefficient (Wildman–Crippen LogP) is 4.06. The molecule has 0 spiro atoms. The fraction of sp³-hybridized carbons (Fsp3) is 0.250. The van der Waals surface area contributed by atoms with Gasteiger partial charge in [0.2, 0.25) is 6.10 Å². The zero-order valence-corrected chi connectivity index (χ0v) is 15.5. The molecule has 1 atom stereocenters. The van der Waals surface area contributed by atoms with E-state index in [1.165, 1.54) is 11.3 Å². The van der Waals surface area contributed by atoms with Crippen molar-refractivity contribution in [2.45, 2.75) is 20.0 Å². The van der Waals surface area contributed by atoms with E-state index in [0.717, 1.165) is 10.2 Å². The number of aromatic nitrogens is 1. The maximum atomic E-state index is 12.9. The summed E-state index contributed by atoms with van der Waals surface area (Å²) in [5, 5.41) is 0. The van der Waals surface area contributed by atoms with Crippen LogP contribution in [0.5, 0.6) is 0 Å². The summed E-state index contributed by atoms with van der Waals surface area (Å²) in [4.78, 5) is 31.4. The highest BCUT2D eigenvalue weighted by Crippen LogP contribution is 2.24. The highest BCUT2D eigenvalue weighted by molar-refractivity contribution is 7.16. The molecule has 3 aromatic rings. The molecule has 5 nitrogen and oxygen atoms in total. The molecule has 0 bridgehead atoms. The van der Waals surface area contributed by atoms with Crippen molar-refractivity contribution >= 4 is 33.4 Å². The number of esters is 1. The van der Waals surface area contributed by atoms with Gasteiger partial charge in [-0.25, -0.2) is 9.78 Å². The normalized spacial score (nSPS) is 11.9. The van der Waals surface area contributed by atoms with E-state index in [4.69, 9.17) is 4.74 Å². The number of nitrogens with zero attached hydrogens (tertiary/aromatic N) is 2. The average Bonchev–Trinajstić information content (AvgIpc) is 3.15. The van der Waals surface area contributed by atoms with Gasteiger partial charge in [0.05, 0.1) is 21.3 Å². The fourth-order valence-electron chi connectivity index (χ4n) is 2.75. The van der Waals surface area contributed by atoms with Crippen LogP contribution in [0.2, 0.25) is 0 Å². The van der Waals surface area contributed by atoms with Crippen LogP contribution >= 0.6 is 11.3 Å². The predicted molar refractivity (Wildman–Crippen MR) is 102 cm³/mol. The van der Waals surface area contributed by atoms with Gasteiger partial charge in [0.25, 0.3) is 5.91 Å². The Hall–Kier alpha value is -2.73. The zero-order valence-electron chi connectivity index (χ0n) is 14.7. The standard InChI is InChI=1S/C20H20N2O3S/c1-3-22(4-2)19(23)18(14-8-6-5-7-9-14)25-20(24)15-10-11-16-17(12-15)26-13-21-16/h5-13,18H,3-4H2,1-2H3/t18-/m0/s1. The van der Waals surface area contributed by atoms with Crippen LogP contribution in [0.3, 0.4) is 0 Å². The number of hydrogen-bond acceptors (Lipinski definition) is 5. The SMILES string of the molecule is CCN(CC)C(=O)[C@@H](OC(=O)c1ccc2ncsc2c1)c1ccccc1. The third-order valence-electron chi connectivity index (χ3n) is 4.19. The number of amides is 1. The average molecular weight is 368 g/mol. The Bertz CT molecular complexity index is 904. The third-order valence-corrected chi connectivity index (χ3v) is 4.99. The summed E-state index contributed by atoms with van der Waals surface area (Å²) < 4.78 is 6.56. The van der Waals surface area contributed by atoms with Gasteiger partial charge in [-0.05, 0) is 32.0 Å². The molecule has 0 aliphatic rings. The second-order valence-corrected chi connectivity index (χ2v) is 6.63. The number of carbonyl (C=O) groups is 2. The Morgan fingerprint density at radius 1 is 1.12 bits per heavy atom. The molecule has 2 aromatic carbocycles. The highest BCUT2D eigenvalue weighted by Gasteiger charge is 2.28. The molecule has 0 aliphatic carbocycles. The molecule has 0 saturated heterocycles. The molecule has 6 heteroatoms. The van der Waals surface area contributed by atoms with Gasteiger partial charge in [-0.1, -0.05) is 30.3 Å². The molecule has 1 heterocycles. The summed E-state index contributed by atoms with van der Waals surface area (Å²) >= 11 is 1.46. The molecule has 134 valence electrons. The first-order valence-electron chi connectivity index (χ1n) is 8.52. The van der Waals surface area contributed by atoms with E-state index in [9.17, 15) is 9.59 Å². The van der Waals surface area contributed by atoms with Crippen LogP contribution in [0.25, 0.3) is 10.2 Å². The first kappa shape index (κ1) is 18.1. The molecule has 0 aliphatic heterocycles. The highest BCUT2D eigenvalue weighted by atomic mass is 32.1. The largest absolute Gasteiger partial charge is 0.444 e. The van der Waals surface area contributed by atoms with E-state index in [2.05, 4.69) is 4.98 Å². The molecule has 1 amide bonds. The summed E-state index contributed by atoms with van der Waals surface area (Å²) in [7, 11) is 0. The summed E-state index contributed by atoms with van der Waals surface area (Å²) in [6.07, 6.45) is -0.958. The number of fused-ring (bicyclic) bond motifs is 1. The van der Waals surface area contributed by atoms with E-state index in [-0.39, 0.29) is 5.91 Å². The minimum atomic E-state index is -0.958. The van der Waals surface area contributed by atoms with Crippen LogP contribution in [0.1, 0.15) is 35.9 Å². The summed E-state index contributed by atoms with van der Waals surface area (Å²) in [5.41, 5.74) is 3.65. The van der Waals surface area contributed by atoms with Gasteiger partial charge in [-0.15, -0.1) is 11.3 Å². The van der Waals surface area contributed by atoms with Crippen LogP contribution in [-0.4, -0.2) is 34.8 Å². The Balaban J connectivity index is 1.89. The van der Waals surface area contributed by atoms with Crippen molar-refractivity contribution in [3.8, 4) is 0 Å². The molecule has 3 rings (SSSR count). The lowest BCUT2D eigenvalue weighted by atomic mass is 10.1. The van der Waals surface area contributed by atoms with Crippen LogP contribution in [0.15, 0.2) is 54.0 Å². The Morgan fingerprint density at radius 3 is 2.54 bits per heavy atom.